The summed E-state index contributed by atoms with van der Waals surface area (Å²) in [5.41, 5.74) is 5.57. The fourth-order valence-electron chi connectivity index (χ4n) is 2.83. The van der Waals surface area contributed by atoms with Crippen molar-refractivity contribution in [3.63, 3.8) is 0 Å². The van der Waals surface area contributed by atoms with Crippen LogP contribution in [0.15, 0.2) is 36.4 Å². The molecular formula is C19H20N2O3. The second kappa shape index (κ2) is 6.45. The van der Waals surface area contributed by atoms with Crippen LogP contribution in [-0.4, -0.2) is 27.7 Å². The van der Waals surface area contributed by atoms with Crippen molar-refractivity contribution in [3.05, 3.63) is 64.5 Å². The van der Waals surface area contributed by atoms with Gasteiger partial charge in [-0.15, -0.1) is 0 Å². The van der Waals surface area contributed by atoms with E-state index < -0.39 is 5.97 Å². The molecule has 0 spiro atoms. The van der Waals surface area contributed by atoms with E-state index in [1.807, 2.05) is 6.07 Å². The maximum Gasteiger partial charge on any atom is 0.335 e. The zero-order valence-corrected chi connectivity index (χ0v) is 14.0. The van der Waals surface area contributed by atoms with E-state index >= 15 is 0 Å². The zero-order valence-electron chi connectivity index (χ0n) is 14.0. The number of benzene rings is 2. The highest BCUT2D eigenvalue weighted by Crippen LogP contribution is 2.23. The van der Waals surface area contributed by atoms with E-state index in [-0.39, 0.29) is 5.56 Å². The molecule has 3 rings (SSSR count). The number of aryl methyl sites for hydroxylation is 2. The molecular weight excluding hydrogens is 304 g/mol. The minimum atomic E-state index is -0.920. The molecule has 0 radical (unpaired) electrons. The summed E-state index contributed by atoms with van der Waals surface area (Å²) in [6.07, 6.45) is 0. The molecule has 0 aliphatic heterocycles. The van der Waals surface area contributed by atoms with Crippen LogP contribution in [0.1, 0.15) is 32.9 Å². The third-order valence-electron chi connectivity index (χ3n) is 4.23. The van der Waals surface area contributed by atoms with E-state index in [1.54, 1.807) is 25.3 Å². The lowest BCUT2D eigenvalue weighted by molar-refractivity contribution is 0.0696. The number of methoxy groups -OCH3 is 1. The molecule has 0 bridgehead atoms. The van der Waals surface area contributed by atoms with Crippen molar-refractivity contribution in [2.24, 2.45) is 0 Å². The summed E-state index contributed by atoms with van der Waals surface area (Å²) in [5.74, 6) is -0.0887. The van der Waals surface area contributed by atoms with E-state index in [2.05, 4.69) is 35.5 Å². The van der Waals surface area contributed by atoms with E-state index in [4.69, 9.17) is 4.74 Å². The van der Waals surface area contributed by atoms with Crippen LogP contribution in [-0.2, 0) is 17.9 Å². The predicted octanol–water partition coefficient (Wildman–Crippen LogP) is 3.55. The van der Waals surface area contributed by atoms with Gasteiger partial charge in [-0.25, -0.2) is 9.78 Å². The quantitative estimate of drug-likeness (QED) is 0.779. The van der Waals surface area contributed by atoms with Gasteiger partial charge in [-0.3, -0.25) is 0 Å². The molecule has 0 atom stereocenters. The largest absolute Gasteiger partial charge is 0.478 e. The number of aromatic nitrogens is 2. The number of imidazole rings is 1. The van der Waals surface area contributed by atoms with Gasteiger partial charge in [-0.1, -0.05) is 12.1 Å². The Bertz CT molecular complexity index is 912. The average molecular weight is 324 g/mol. The Balaban J connectivity index is 2.10. The van der Waals surface area contributed by atoms with Crippen molar-refractivity contribution in [1.29, 1.82) is 0 Å². The molecule has 0 aliphatic carbocycles. The SMILES string of the molecule is COCc1nc2cc(C)c(C)cc2n1Cc1cccc(C(=O)O)c1. The van der Waals surface area contributed by atoms with Gasteiger partial charge in [-0.2, -0.15) is 0 Å². The average Bonchev–Trinajstić information content (AvgIpc) is 2.85. The van der Waals surface area contributed by atoms with Crippen molar-refractivity contribution in [1.82, 2.24) is 9.55 Å². The molecule has 0 amide bonds. The maximum absolute atomic E-state index is 11.2. The van der Waals surface area contributed by atoms with Gasteiger partial charge in [-0.05, 0) is 54.8 Å². The van der Waals surface area contributed by atoms with Gasteiger partial charge >= 0.3 is 5.97 Å². The molecule has 2 aromatic carbocycles. The third-order valence-corrected chi connectivity index (χ3v) is 4.23. The molecule has 5 nitrogen and oxygen atoms in total. The minimum Gasteiger partial charge on any atom is -0.478 e. The first kappa shape index (κ1) is 16.2. The fraction of sp³-hybridized carbons (Fsp3) is 0.263. The molecule has 5 heteroatoms. The highest BCUT2D eigenvalue weighted by Gasteiger charge is 2.13. The molecule has 0 aliphatic rings. The Morgan fingerprint density at radius 2 is 1.96 bits per heavy atom. The molecule has 3 aromatic rings. The smallest absolute Gasteiger partial charge is 0.335 e. The molecule has 24 heavy (non-hydrogen) atoms. The summed E-state index contributed by atoms with van der Waals surface area (Å²) in [4.78, 5) is 15.9. The minimum absolute atomic E-state index is 0.289. The highest BCUT2D eigenvalue weighted by molar-refractivity contribution is 5.87. The summed E-state index contributed by atoms with van der Waals surface area (Å²) >= 11 is 0. The number of carbonyl (C=O) groups is 1. The van der Waals surface area contributed by atoms with Crippen molar-refractivity contribution in [3.8, 4) is 0 Å². The van der Waals surface area contributed by atoms with Crippen molar-refractivity contribution in [2.45, 2.75) is 27.0 Å². The summed E-state index contributed by atoms with van der Waals surface area (Å²) in [6.45, 7) is 5.11. The first-order valence-corrected chi connectivity index (χ1v) is 7.77. The van der Waals surface area contributed by atoms with Gasteiger partial charge in [0.25, 0.3) is 0 Å². The first-order valence-electron chi connectivity index (χ1n) is 7.77. The lowest BCUT2D eigenvalue weighted by Crippen LogP contribution is -2.07. The molecule has 1 heterocycles. The van der Waals surface area contributed by atoms with Crippen LogP contribution in [0.3, 0.4) is 0 Å². The molecule has 0 unspecified atom stereocenters. The Morgan fingerprint density at radius 1 is 1.21 bits per heavy atom. The van der Waals surface area contributed by atoms with Crippen LogP contribution < -0.4 is 0 Å². The standard InChI is InChI=1S/C19H20N2O3/c1-12-7-16-17(8-13(12)2)21(18(20-16)11-24-3)10-14-5-4-6-15(9-14)19(22)23/h4-9H,10-11H2,1-3H3,(H,22,23). The van der Waals surface area contributed by atoms with E-state index in [1.165, 1.54) is 11.1 Å². The van der Waals surface area contributed by atoms with Crippen LogP contribution >= 0.6 is 0 Å². The Hall–Kier alpha value is -2.66. The van der Waals surface area contributed by atoms with Gasteiger partial charge in [0.2, 0.25) is 0 Å². The highest BCUT2D eigenvalue weighted by atomic mass is 16.5. The number of ether oxygens (including phenoxy) is 1. The van der Waals surface area contributed by atoms with E-state index in [0.29, 0.717) is 13.2 Å². The number of carboxylic acids is 1. The van der Waals surface area contributed by atoms with Gasteiger partial charge in [0.05, 0.1) is 16.6 Å². The van der Waals surface area contributed by atoms with Crippen molar-refractivity contribution < 1.29 is 14.6 Å². The molecule has 0 saturated carbocycles. The van der Waals surface area contributed by atoms with Gasteiger partial charge < -0.3 is 14.4 Å². The maximum atomic E-state index is 11.2. The summed E-state index contributed by atoms with van der Waals surface area (Å²) < 4.78 is 7.37. The number of fused-ring (bicyclic) bond motifs is 1. The van der Waals surface area contributed by atoms with Crippen LogP contribution in [0.25, 0.3) is 11.0 Å². The van der Waals surface area contributed by atoms with Crippen molar-refractivity contribution in [2.75, 3.05) is 7.11 Å². The molecule has 0 fully saturated rings. The van der Waals surface area contributed by atoms with Gasteiger partial charge in [0.1, 0.15) is 12.4 Å². The van der Waals surface area contributed by atoms with E-state index in [9.17, 15) is 9.90 Å². The molecule has 1 N–H and O–H groups in total. The Morgan fingerprint density at radius 3 is 2.67 bits per heavy atom. The summed E-state index contributed by atoms with van der Waals surface area (Å²) in [6, 6.07) is 11.2. The number of rotatable bonds is 5. The normalized spacial score (nSPS) is 11.1. The second-order valence-corrected chi connectivity index (χ2v) is 5.98. The van der Waals surface area contributed by atoms with Gasteiger partial charge in [0.15, 0.2) is 0 Å². The topological polar surface area (TPSA) is 64.4 Å². The van der Waals surface area contributed by atoms with Crippen LogP contribution in [0, 0.1) is 13.8 Å². The fourth-order valence-corrected chi connectivity index (χ4v) is 2.83. The molecule has 124 valence electrons. The molecule has 1 aromatic heterocycles. The van der Waals surface area contributed by atoms with E-state index in [0.717, 1.165) is 22.4 Å². The monoisotopic (exact) mass is 324 g/mol. The number of hydrogen-bond donors (Lipinski definition) is 1. The zero-order chi connectivity index (χ0) is 17.3. The summed E-state index contributed by atoms with van der Waals surface area (Å²) in [5, 5.41) is 9.17. The van der Waals surface area contributed by atoms with Crippen LogP contribution in [0.4, 0.5) is 0 Å². The predicted molar refractivity (Wildman–Crippen MR) is 92.4 cm³/mol. The van der Waals surface area contributed by atoms with Crippen LogP contribution in [0.5, 0.6) is 0 Å². The Kier molecular flexibility index (Phi) is 4.36. The van der Waals surface area contributed by atoms with Crippen molar-refractivity contribution >= 4 is 17.0 Å². The molecule has 0 saturated heterocycles. The Labute approximate surface area is 140 Å². The first-order chi connectivity index (χ1) is 11.5. The number of hydrogen-bond acceptors (Lipinski definition) is 3. The third kappa shape index (κ3) is 3.03. The lowest BCUT2D eigenvalue weighted by atomic mass is 10.1. The number of aromatic carboxylic acids is 1. The lowest BCUT2D eigenvalue weighted by Gasteiger charge is -2.10. The van der Waals surface area contributed by atoms with Gasteiger partial charge in [0, 0.05) is 13.7 Å². The van der Waals surface area contributed by atoms with Crippen LogP contribution in [0.2, 0.25) is 0 Å². The number of nitrogens with zero attached hydrogens (tertiary/aromatic N) is 2. The second-order valence-electron chi connectivity index (χ2n) is 5.98. The summed E-state index contributed by atoms with van der Waals surface area (Å²) in [7, 11) is 1.64. The number of carboxylic acid groups (broad SMARTS) is 1.